The van der Waals surface area contributed by atoms with E-state index >= 15 is 0 Å². The number of nitrogens with one attached hydrogen (secondary N) is 1. The molecule has 1 N–H and O–H groups in total. The summed E-state index contributed by atoms with van der Waals surface area (Å²) in [4.78, 5) is 21.8. The summed E-state index contributed by atoms with van der Waals surface area (Å²) in [5, 5.41) is 17.7. The summed E-state index contributed by atoms with van der Waals surface area (Å²) in [6.45, 7) is 4.19. The third-order valence-electron chi connectivity index (χ3n) is 3.10. The van der Waals surface area contributed by atoms with Crippen molar-refractivity contribution in [2.45, 2.75) is 33.2 Å². The molecule has 1 aliphatic carbocycles. The zero-order chi connectivity index (χ0) is 13.3. The minimum atomic E-state index is -0.420. The van der Waals surface area contributed by atoms with Gasteiger partial charge in [0.05, 0.1) is 11.5 Å². The molecule has 7 nitrogen and oxygen atoms in total. The number of amides is 1. The second-order valence-electron chi connectivity index (χ2n) is 4.56. The van der Waals surface area contributed by atoms with Gasteiger partial charge >= 0.3 is 5.69 Å². The molecule has 1 heterocycles. The van der Waals surface area contributed by atoms with Gasteiger partial charge in [-0.05, 0) is 26.7 Å². The van der Waals surface area contributed by atoms with E-state index in [1.807, 2.05) is 0 Å². The molecule has 2 rings (SSSR count). The van der Waals surface area contributed by atoms with Crippen LogP contribution >= 0.6 is 0 Å². The molecule has 1 aromatic rings. The highest BCUT2D eigenvalue weighted by atomic mass is 16.6. The molecule has 1 aliphatic rings. The van der Waals surface area contributed by atoms with Gasteiger partial charge in [0.1, 0.15) is 11.4 Å². The fourth-order valence-corrected chi connectivity index (χ4v) is 1.94. The Morgan fingerprint density at radius 2 is 2.22 bits per heavy atom. The topological polar surface area (TPSA) is 90.1 Å². The molecule has 0 atom stereocenters. The van der Waals surface area contributed by atoms with Crippen molar-refractivity contribution in [3.05, 3.63) is 21.5 Å². The van der Waals surface area contributed by atoms with Crippen molar-refractivity contribution in [3.8, 4) is 0 Å². The van der Waals surface area contributed by atoms with Gasteiger partial charge in [-0.3, -0.25) is 19.6 Å². The van der Waals surface area contributed by atoms with Crippen molar-refractivity contribution in [3.63, 3.8) is 0 Å². The molecule has 0 spiro atoms. The molecule has 18 heavy (non-hydrogen) atoms. The summed E-state index contributed by atoms with van der Waals surface area (Å²) in [5.74, 6) is 0.255. The lowest BCUT2D eigenvalue weighted by Crippen LogP contribution is -2.28. The highest BCUT2D eigenvalue weighted by Gasteiger charge is 2.29. The average molecular weight is 252 g/mol. The molecule has 0 bridgehead atoms. The van der Waals surface area contributed by atoms with Crippen molar-refractivity contribution in [1.82, 2.24) is 15.1 Å². The van der Waals surface area contributed by atoms with Gasteiger partial charge in [0.2, 0.25) is 5.91 Å². The van der Waals surface area contributed by atoms with E-state index in [2.05, 4.69) is 10.4 Å². The predicted octanol–water partition coefficient (Wildman–Crippen LogP) is 0.934. The Kier molecular flexibility index (Phi) is 3.31. The summed E-state index contributed by atoms with van der Waals surface area (Å²) in [7, 11) is 0. The fourth-order valence-electron chi connectivity index (χ4n) is 1.94. The van der Waals surface area contributed by atoms with Gasteiger partial charge < -0.3 is 5.32 Å². The largest absolute Gasteiger partial charge is 0.354 e. The first kappa shape index (κ1) is 12.5. The first-order chi connectivity index (χ1) is 8.50. The molecule has 1 amide bonds. The summed E-state index contributed by atoms with van der Waals surface area (Å²) in [6.07, 6.45) is 1.94. The summed E-state index contributed by atoms with van der Waals surface area (Å²) in [5.41, 5.74) is 0.993. The van der Waals surface area contributed by atoms with Crippen LogP contribution in [-0.4, -0.2) is 27.2 Å². The van der Waals surface area contributed by atoms with E-state index in [1.54, 1.807) is 18.5 Å². The lowest BCUT2D eigenvalue weighted by molar-refractivity contribution is -0.386. The van der Waals surface area contributed by atoms with Crippen LogP contribution in [0.5, 0.6) is 0 Å². The van der Waals surface area contributed by atoms with Crippen molar-refractivity contribution in [1.29, 1.82) is 0 Å². The Morgan fingerprint density at radius 1 is 1.56 bits per heavy atom. The van der Waals surface area contributed by atoms with Crippen molar-refractivity contribution in [2.24, 2.45) is 5.92 Å². The molecule has 0 saturated heterocycles. The number of rotatable bonds is 5. The Balaban J connectivity index is 1.94. The van der Waals surface area contributed by atoms with Gasteiger partial charge in [-0.1, -0.05) is 0 Å². The van der Waals surface area contributed by atoms with E-state index in [4.69, 9.17) is 0 Å². The molecular weight excluding hydrogens is 236 g/mol. The number of nitro groups is 1. The summed E-state index contributed by atoms with van der Waals surface area (Å²) >= 11 is 0. The number of hydrogen-bond donors (Lipinski definition) is 1. The molecule has 98 valence electrons. The third-order valence-corrected chi connectivity index (χ3v) is 3.10. The summed E-state index contributed by atoms with van der Waals surface area (Å²) < 4.78 is 1.57. The van der Waals surface area contributed by atoms with E-state index in [0.717, 1.165) is 12.8 Å². The van der Waals surface area contributed by atoms with Crippen LogP contribution in [0, 0.1) is 29.9 Å². The van der Waals surface area contributed by atoms with Gasteiger partial charge in [-0.15, -0.1) is 0 Å². The second-order valence-corrected chi connectivity index (χ2v) is 4.56. The van der Waals surface area contributed by atoms with Crippen LogP contribution in [-0.2, 0) is 11.3 Å². The smallest absolute Gasteiger partial charge is 0.312 e. The van der Waals surface area contributed by atoms with Gasteiger partial charge in [0.25, 0.3) is 0 Å². The highest BCUT2D eigenvalue weighted by Crippen LogP contribution is 2.28. The predicted molar refractivity (Wildman–Crippen MR) is 64.1 cm³/mol. The standard InChI is InChI=1S/C11H16N4O3/c1-7-10(15(17)18)8(2)14(13-7)6-5-12-11(16)9-3-4-9/h9H,3-6H2,1-2H3,(H,12,16). The third kappa shape index (κ3) is 2.49. The lowest BCUT2D eigenvalue weighted by Gasteiger charge is -2.05. The minimum absolute atomic E-state index is 0.0588. The van der Waals surface area contributed by atoms with Crippen LogP contribution in [0.4, 0.5) is 5.69 Å². The molecule has 7 heteroatoms. The van der Waals surface area contributed by atoms with Gasteiger partial charge in [-0.25, -0.2) is 0 Å². The zero-order valence-electron chi connectivity index (χ0n) is 10.5. The number of carbonyl (C=O) groups excluding carboxylic acids is 1. The van der Waals surface area contributed by atoms with Crippen LogP contribution in [0.25, 0.3) is 0 Å². The number of carbonyl (C=O) groups is 1. The molecule has 1 saturated carbocycles. The molecule has 1 fully saturated rings. The van der Waals surface area contributed by atoms with E-state index < -0.39 is 4.92 Å². The lowest BCUT2D eigenvalue weighted by atomic mass is 10.3. The maximum absolute atomic E-state index is 11.4. The van der Waals surface area contributed by atoms with E-state index in [0.29, 0.717) is 24.5 Å². The first-order valence-electron chi connectivity index (χ1n) is 5.97. The SMILES string of the molecule is Cc1nn(CCNC(=O)C2CC2)c(C)c1[N+](=O)[O-]. The summed E-state index contributed by atoms with van der Waals surface area (Å²) in [6, 6.07) is 0. The van der Waals surface area contributed by atoms with Gasteiger partial charge in [0, 0.05) is 12.5 Å². The molecule has 0 aliphatic heterocycles. The Bertz CT molecular complexity index is 491. The Hall–Kier alpha value is -1.92. The quantitative estimate of drug-likeness (QED) is 0.623. The maximum atomic E-state index is 11.4. The number of hydrogen-bond acceptors (Lipinski definition) is 4. The molecule has 1 aromatic heterocycles. The van der Waals surface area contributed by atoms with Crippen molar-refractivity contribution < 1.29 is 9.72 Å². The van der Waals surface area contributed by atoms with Crippen molar-refractivity contribution >= 4 is 11.6 Å². The van der Waals surface area contributed by atoms with Gasteiger partial charge in [0.15, 0.2) is 0 Å². The van der Waals surface area contributed by atoms with Crippen LogP contribution < -0.4 is 5.32 Å². The number of aryl methyl sites for hydroxylation is 1. The number of aromatic nitrogens is 2. The average Bonchev–Trinajstić information content (AvgIpc) is 3.07. The van der Waals surface area contributed by atoms with E-state index in [9.17, 15) is 14.9 Å². The van der Waals surface area contributed by atoms with E-state index in [1.165, 1.54) is 0 Å². The fraction of sp³-hybridized carbons (Fsp3) is 0.636. The highest BCUT2D eigenvalue weighted by molar-refractivity contribution is 5.80. The normalized spacial score (nSPS) is 14.6. The molecule has 0 unspecified atom stereocenters. The van der Waals surface area contributed by atoms with Crippen LogP contribution in [0.3, 0.4) is 0 Å². The molecule has 0 radical (unpaired) electrons. The zero-order valence-corrected chi connectivity index (χ0v) is 10.5. The van der Waals surface area contributed by atoms with Crippen LogP contribution in [0.2, 0.25) is 0 Å². The first-order valence-corrected chi connectivity index (χ1v) is 5.97. The second kappa shape index (κ2) is 4.75. The monoisotopic (exact) mass is 252 g/mol. The maximum Gasteiger partial charge on any atom is 0.312 e. The number of nitrogens with zero attached hydrogens (tertiary/aromatic N) is 3. The van der Waals surface area contributed by atoms with Crippen LogP contribution in [0.15, 0.2) is 0 Å². The van der Waals surface area contributed by atoms with Gasteiger partial charge in [-0.2, -0.15) is 5.10 Å². The minimum Gasteiger partial charge on any atom is -0.354 e. The van der Waals surface area contributed by atoms with E-state index in [-0.39, 0.29) is 17.5 Å². The van der Waals surface area contributed by atoms with Crippen molar-refractivity contribution in [2.75, 3.05) is 6.54 Å². The van der Waals surface area contributed by atoms with Crippen LogP contribution in [0.1, 0.15) is 24.2 Å². The Morgan fingerprint density at radius 3 is 2.72 bits per heavy atom. The molecular formula is C11H16N4O3. The Labute approximate surface area is 104 Å². The molecule has 0 aromatic carbocycles.